The zero-order chi connectivity index (χ0) is 14.1. The Kier molecular flexibility index (Phi) is 7.45. The Morgan fingerprint density at radius 1 is 1.21 bits per heavy atom. The Bertz CT molecular complexity index is 369. The highest BCUT2D eigenvalue weighted by Gasteiger charge is 2.04. The Balaban J connectivity index is 2.32. The van der Waals surface area contributed by atoms with Crippen LogP contribution in [0.3, 0.4) is 0 Å². The van der Waals surface area contributed by atoms with Crippen LogP contribution in [0, 0.1) is 11.7 Å². The summed E-state index contributed by atoms with van der Waals surface area (Å²) in [6.45, 7) is 6.73. The molecule has 0 fully saturated rings. The van der Waals surface area contributed by atoms with Crippen LogP contribution in [-0.4, -0.2) is 26.9 Å². The van der Waals surface area contributed by atoms with E-state index in [1.165, 1.54) is 12.1 Å². The molecule has 1 aromatic rings. The molecule has 0 radical (unpaired) electrons. The largest absolute Gasteiger partial charge is 0.491 e. The third-order valence-electron chi connectivity index (χ3n) is 2.71. The fourth-order valence-corrected chi connectivity index (χ4v) is 1.65. The molecule has 1 rings (SSSR count). The van der Waals surface area contributed by atoms with E-state index in [4.69, 9.17) is 9.47 Å². The number of halogens is 1. The predicted molar refractivity (Wildman–Crippen MR) is 74.9 cm³/mol. The van der Waals surface area contributed by atoms with Gasteiger partial charge in [-0.15, -0.1) is 0 Å². The molecule has 1 aromatic carbocycles. The average Bonchev–Trinajstić information content (AvgIpc) is 2.36. The van der Waals surface area contributed by atoms with Crippen LogP contribution in [0.15, 0.2) is 18.2 Å². The summed E-state index contributed by atoms with van der Waals surface area (Å²) in [5, 5.41) is 3.00. The fourth-order valence-electron chi connectivity index (χ4n) is 1.65. The quantitative estimate of drug-likeness (QED) is 0.699. The molecule has 19 heavy (non-hydrogen) atoms. The third kappa shape index (κ3) is 6.55. The van der Waals surface area contributed by atoms with Crippen LogP contribution in [0.5, 0.6) is 5.75 Å². The second-order valence-corrected chi connectivity index (χ2v) is 4.93. The number of ether oxygens (including phenoxy) is 2. The summed E-state index contributed by atoms with van der Waals surface area (Å²) in [4.78, 5) is 0. The van der Waals surface area contributed by atoms with Crippen molar-refractivity contribution in [1.82, 2.24) is 5.32 Å². The molecular formula is C15H24FNO2. The first-order valence-electron chi connectivity index (χ1n) is 6.77. The van der Waals surface area contributed by atoms with Crippen LogP contribution in [0.2, 0.25) is 0 Å². The molecule has 0 aromatic heterocycles. The lowest BCUT2D eigenvalue weighted by atomic mass is 10.1. The van der Waals surface area contributed by atoms with Gasteiger partial charge in [-0.3, -0.25) is 0 Å². The SMILES string of the molecule is CNCc1cc(F)ccc1OCCOCCC(C)C. The van der Waals surface area contributed by atoms with E-state index in [0.717, 1.165) is 18.6 Å². The van der Waals surface area contributed by atoms with Gasteiger partial charge in [0, 0.05) is 18.7 Å². The normalized spacial score (nSPS) is 11.0. The minimum atomic E-state index is -0.245. The summed E-state index contributed by atoms with van der Waals surface area (Å²) in [5.41, 5.74) is 0.824. The number of rotatable bonds is 9. The van der Waals surface area contributed by atoms with E-state index >= 15 is 0 Å². The lowest BCUT2D eigenvalue weighted by Gasteiger charge is -2.12. The van der Waals surface area contributed by atoms with E-state index in [-0.39, 0.29) is 5.82 Å². The molecule has 0 saturated heterocycles. The molecule has 0 aliphatic rings. The maximum atomic E-state index is 13.1. The predicted octanol–water partition coefficient (Wildman–Crippen LogP) is 2.99. The topological polar surface area (TPSA) is 30.5 Å². The van der Waals surface area contributed by atoms with E-state index in [0.29, 0.717) is 31.4 Å². The summed E-state index contributed by atoms with van der Waals surface area (Å²) in [6.07, 6.45) is 1.06. The van der Waals surface area contributed by atoms with Crippen LogP contribution in [-0.2, 0) is 11.3 Å². The molecule has 0 atom stereocenters. The Morgan fingerprint density at radius 2 is 2.00 bits per heavy atom. The van der Waals surface area contributed by atoms with Gasteiger partial charge in [-0.25, -0.2) is 4.39 Å². The van der Waals surface area contributed by atoms with Crippen LogP contribution >= 0.6 is 0 Å². The van der Waals surface area contributed by atoms with Crippen LogP contribution in [0.1, 0.15) is 25.8 Å². The van der Waals surface area contributed by atoms with Gasteiger partial charge in [0.2, 0.25) is 0 Å². The zero-order valence-corrected chi connectivity index (χ0v) is 12.0. The van der Waals surface area contributed by atoms with E-state index in [1.54, 1.807) is 6.07 Å². The Labute approximate surface area is 115 Å². The summed E-state index contributed by atoms with van der Waals surface area (Å²) < 4.78 is 24.2. The zero-order valence-electron chi connectivity index (χ0n) is 12.0. The number of nitrogens with one attached hydrogen (secondary N) is 1. The molecule has 0 heterocycles. The van der Waals surface area contributed by atoms with Crippen LogP contribution in [0.25, 0.3) is 0 Å². The highest BCUT2D eigenvalue weighted by Crippen LogP contribution is 2.19. The van der Waals surface area contributed by atoms with Crippen molar-refractivity contribution in [3.63, 3.8) is 0 Å². The van der Waals surface area contributed by atoms with Gasteiger partial charge in [0.1, 0.15) is 18.2 Å². The van der Waals surface area contributed by atoms with Gasteiger partial charge >= 0.3 is 0 Å². The van der Waals surface area contributed by atoms with Gasteiger partial charge in [0.15, 0.2) is 0 Å². The van der Waals surface area contributed by atoms with Gasteiger partial charge < -0.3 is 14.8 Å². The van der Waals surface area contributed by atoms with Gasteiger partial charge in [0.05, 0.1) is 6.61 Å². The van der Waals surface area contributed by atoms with E-state index in [2.05, 4.69) is 19.2 Å². The molecule has 0 aliphatic heterocycles. The van der Waals surface area contributed by atoms with Crippen molar-refractivity contribution in [1.29, 1.82) is 0 Å². The number of hydrogen-bond donors (Lipinski definition) is 1. The molecule has 1 N–H and O–H groups in total. The maximum absolute atomic E-state index is 13.1. The molecule has 0 amide bonds. The van der Waals surface area contributed by atoms with Crippen molar-refractivity contribution in [3.05, 3.63) is 29.6 Å². The average molecular weight is 269 g/mol. The van der Waals surface area contributed by atoms with Crippen molar-refractivity contribution in [2.75, 3.05) is 26.9 Å². The summed E-state index contributed by atoms with van der Waals surface area (Å²) in [6, 6.07) is 4.57. The molecule has 4 heteroatoms. The first-order valence-corrected chi connectivity index (χ1v) is 6.77. The Morgan fingerprint density at radius 3 is 2.68 bits per heavy atom. The summed E-state index contributed by atoms with van der Waals surface area (Å²) in [5.74, 6) is 1.12. The standard InChI is InChI=1S/C15H24FNO2/c1-12(2)6-7-18-8-9-19-15-5-4-14(16)10-13(15)11-17-3/h4-5,10,12,17H,6-9,11H2,1-3H3. The van der Waals surface area contributed by atoms with E-state index in [9.17, 15) is 4.39 Å². The summed E-state index contributed by atoms with van der Waals surface area (Å²) in [7, 11) is 1.82. The van der Waals surface area contributed by atoms with Gasteiger partial charge in [-0.1, -0.05) is 13.8 Å². The maximum Gasteiger partial charge on any atom is 0.124 e. The third-order valence-corrected chi connectivity index (χ3v) is 2.71. The number of benzene rings is 1. The minimum Gasteiger partial charge on any atom is -0.491 e. The lowest BCUT2D eigenvalue weighted by Crippen LogP contribution is -2.12. The van der Waals surface area contributed by atoms with Gasteiger partial charge in [-0.2, -0.15) is 0 Å². The van der Waals surface area contributed by atoms with Crippen molar-refractivity contribution in [2.45, 2.75) is 26.8 Å². The smallest absolute Gasteiger partial charge is 0.124 e. The first-order chi connectivity index (χ1) is 9.13. The second-order valence-electron chi connectivity index (χ2n) is 4.93. The van der Waals surface area contributed by atoms with E-state index in [1.807, 2.05) is 7.05 Å². The Hall–Kier alpha value is -1.13. The van der Waals surface area contributed by atoms with Crippen molar-refractivity contribution < 1.29 is 13.9 Å². The highest BCUT2D eigenvalue weighted by molar-refractivity contribution is 5.33. The number of hydrogen-bond acceptors (Lipinski definition) is 3. The fraction of sp³-hybridized carbons (Fsp3) is 0.600. The van der Waals surface area contributed by atoms with Gasteiger partial charge in [0.25, 0.3) is 0 Å². The first kappa shape index (κ1) is 15.9. The molecule has 0 bridgehead atoms. The molecule has 0 unspecified atom stereocenters. The lowest BCUT2D eigenvalue weighted by molar-refractivity contribution is 0.0922. The monoisotopic (exact) mass is 269 g/mol. The summed E-state index contributed by atoms with van der Waals surface area (Å²) >= 11 is 0. The van der Waals surface area contributed by atoms with Gasteiger partial charge in [-0.05, 0) is 37.6 Å². The molecule has 0 spiro atoms. The van der Waals surface area contributed by atoms with Crippen molar-refractivity contribution >= 4 is 0 Å². The molecular weight excluding hydrogens is 245 g/mol. The van der Waals surface area contributed by atoms with Crippen molar-refractivity contribution in [3.8, 4) is 5.75 Å². The molecule has 0 aliphatic carbocycles. The van der Waals surface area contributed by atoms with Crippen molar-refractivity contribution in [2.24, 2.45) is 5.92 Å². The molecule has 0 saturated carbocycles. The minimum absolute atomic E-state index is 0.245. The molecule has 3 nitrogen and oxygen atoms in total. The van der Waals surface area contributed by atoms with Crippen LogP contribution < -0.4 is 10.1 Å². The van der Waals surface area contributed by atoms with Crippen LogP contribution in [0.4, 0.5) is 4.39 Å². The molecule has 108 valence electrons. The second kappa shape index (κ2) is 8.88. The highest BCUT2D eigenvalue weighted by atomic mass is 19.1. The van der Waals surface area contributed by atoms with E-state index < -0.39 is 0 Å².